The van der Waals surface area contributed by atoms with E-state index in [1.54, 1.807) is 26.1 Å². The van der Waals surface area contributed by atoms with Gasteiger partial charge in [0.15, 0.2) is 11.6 Å². The number of hydrogen-bond acceptors (Lipinski definition) is 11. The van der Waals surface area contributed by atoms with Crippen LogP contribution in [0.3, 0.4) is 0 Å². The van der Waals surface area contributed by atoms with Gasteiger partial charge in [0.2, 0.25) is 0 Å². The summed E-state index contributed by atoms with van der Waals surface area (Å²) in [6.07, 6.45) is 28.4. The molecular weight excluding hydrogens is 620 g/mol. The Labute approximate surface area is 290 Å². The van der Waals surface area contributed by atoms with Crippen molar-refractivity contribution in [1.29, 1.82) is 0 Å². The average Bonchev–Trinajstić information content (AvgIpc) is 3.88. The van der Waals surface area contributed by atoms with E-state index in [-0.39, 0.29) is 40.9 Å². The first-order valence-electron chi connectivity index (χ1n) is 16.3. The summed E-state index contributed by atoms with van der Waals surface area (Å²) in [5.74, 6) is 0.680. The predicted molar refractivity (Wildman–Crippen MR) is 199 cm³/mol. The number of hydrogen-bond donors (Lipinski definition) is 1. The van der Waals surface area contributed by atoms with Crippen LogP contribution in [-0.4, -0.2) is 66.0 Å². The number of Topliss-reactive ketones (excluding diaryl/α,β-unsaturated/α-hetero) is 4. The second-order valence-corrected chi connectivity index (χ2v) is 11.6. The number of carbonyl (C=O) groups excluding carboxylic acids is 5. The third-order valence-electron chi connectivity index (χ3n) is 6.91. The molecule has 262 valence electrons. The van der Waals surface area contributed by atoms with E-state index in [0.717, 1.165) is 61.3 Å². The molecule has 0 saturated heterocycles. The molecule has 1 unspecified atom stereocenters. The van der Waals surface area contributed by atoms with Crippen LogP contribution < -0.4 is 5.73 Å². The molecule has 0 aromatic rings. The average molecular weight is 671 g/mol. The first-order valence-corrected chi connectivity index (χ1v) is 16.3. The lowest BCUT2D eigenvalue weighted by atomic mass is 10.0. The summed E-state index contributed by atoms with van der Waals surface area (Å²) in [5.41, 5.74) is 9.94. The molecule has 0 aliphatic carbocycles. The molecule has 5 aliphatic heterocycles. The molecule has 49 heavy (non-hydrogen) atoms. The van der Waals surface area contributed by atoms with E-state index in [1.807, 2.05) is 56.1 Å². The SMILES string of the molecule is CC(=O)/C=C/C1=CCC=N1.CC(=O)C(N)CC1=CCC=N1.CC(=O)C1=CCC=N1.CC(=O)CC1=CCC=N1.CC(=O)[C@@H](C)CC1=CCC=N1. The van der Waals surface area contributed by atoms with Crippen LogP contribution in [0.2, 0.25) is 0 Å². The Kier molecular flexibility index (Phi) is 20.9. The maximum absolute atomic E-state index is 10.9. The number of rotatable bonds is 11. The standard InChI is InChI=1S/C9H13NO.C8H12N2O.C8H9NO.C7H9NO.C6H7NO/c1-7(8(2)11)6-9-4-3-5-10-9;1-6(11)8(9)5-7-3-2-4-10-7;1-7(10)4-5-8-3-2-6-9-8;1-6(9)5-7-3-2-4-8-7;1-5(8)6-3-2-4-7-6/h4-5,7H,3,6H2,1-2H3;3-4,8H,2,5,9H2,1H3;3-6H,2H2,1H3;3-4H,2,5H2,1H3;3-4H,2H2,1H3/b;;5-4+;;/t7-;;;;/m0..../s1. The van der Waals surface area contributed by atoms with Crippen molar-refractivity contribution >= 4 is 60.0 Å². The zero-order valence-corrected chi connectivity index (χ0v) is 29.6. The van der Waals surface area contributed by atoms with Gasteiger partial charge in [0.05, 0.1) is 11.7 Å². The topological polar surface area (TPSA) is 173 Å². The highest BCUT2D eigenvalue weighted by Crippen LogP contribution is 2.16. The molecule has 5 aliphatic rings. The largest absolute Gasteiger partial charge is 0.321 e. The van der Waals surface area contributed by atoms with Gasteiger partial charge in [-0.1, -0.05) is 31.2 Å². The third kappa shape index (κ3) is 20.8. The van der Waals surface area contributed by atoms with Crippen molar-refractivity contribution in [3.05, 3.63) is 71.0 Å². The van der Waals surface area contributed by atoms with Crippen LogP contribution in [0.1, 0.15) is 92.9 Å². The Bertz CT molecular complexity index is 1480. The van der Waals surface area contributed by atoms with Crippen LogP contribution >= 0.6 is 0 Å². The Hall–Kier alpha value is -4.90. The maximum atomic E-state index is 10.9. The zero-order chi connectivity index (χ0) is 36.6. The lowest BCUT2D eigenvalue weighted by Crippen LogP contribution is -2.28. The van der Waals surface area contributed by atoms with E-state index < -0.39 is 0 Å². The molecule has 11 heteroatoms. The van der Waals surface area contributed by atoms with Crippen LogP contribution in [0.4, 0.5) is 0 Å². The molecule has 0 fully saturated rings. The van der Waals surface area contributed by atoms with Crippen LogP contribution in [0.15, 0.2) is 96.0 Å². The van der Waals surface area contributed by atoms with Crippen molar-refractivity contribution in [2.45, 2.75) is 99.0 Å². The summed E-state index contributed by atoms with van der Waals surface area (Å²) in [6, 6.07) is -0.378. The molecule has 0 saturated carbocycles. The van der Waals surface area contributed by atoms with E-state index in [4.69, 9.17) is 5.73 Å². The van der Waals surface area contributed by atoms with E-state index >= 15 is 0 Å². The Morgan fingerprint density at radius 1 is 0.653 bits per heavy atom. The van der Waals surface area contributed by atoms with Gasteiger partial charge in [0.25, 0.3) is 0 Å². The first-order chi connectivity index (χ1) is 23.3. The Balaban J connectivity index is 0.000000308. The molecule has 0 radical (unpaired) electrons. The number of allylic oxidation sites excluding steroid dienone is 10. The predicted octanol–water partition coefficient (Wildman–Crippen LogP) is 6.36. The zero-order valence-electron chi connectivity index (χ0n) is 29.6. The maximum Gasteiger partial charge on any atom is 0.177 e. The summed E-state index contributed by atoms with van der Waals surface area (Å²) >= 11 is 0. The van der Waals surface area contributed by atoms with Crippen molar-refractivity contribution in [1.82, 2.24) is 0 Å². The van der Waals surface area contributed by atoms with Crippen LogP contribution in [-0.2, 0) is 24.0 Å². The van der Waals surface area contributed by atoms with Crippen LogP contribution in [0.5, 0.6) is 0 Å². The van der Waals surface area contributed by atoms with Gasteiger partial charge in [-0.15, -0.1) is 0 Å². The van der Waals surface area contributed by atoms with Crippen molar-refractivity contribution in [3.8, 4) is 0 Å². The second kappa shape index (κ2) is 24.3. The minimum Gasteiger partial charge on any atom is -0.321 e. The molecule has 0 bridgehead atoms. The van der Waals surface area contributed by atoms with E-state index in [0.29, 0.717) is 18.5 Å². The van der Waals surface area contributed by atoms with Crippen molar-refractivity contribution < 1.29 is 24.0 Å². The molecule has 5 rings (SSSR count). The fraction of sp³-hybridized carbons (Fsp3) is 0.421. The highest BCUT2D eigenvalue weighted by Gasteiger charge is 2.11. The molecule has 11 nitrogen and oxygen atoms in total. The quantitative estimate of drug-likeness (QED) is 0.250. The molecule has 5 heterocycles. The molecule has 2 N–H and O–H groups in total. The lowest BCUT2D eigenvalue weighted by molar-refractivity contribution is -0.120. The first kappa shape index (κ1) is 42.1. The second-order valence-electron chi connectivity index (χ2n) is 11.6. The van der Waals surface area contributed by atoms with Crippen molar-refractivity contribution in [2.24, 2.45) is 36.6 Å². The summed E-state index contributed by atoms with van der Waals surface area (Å²) in [5, 5.41) is 0. The fourth-order valence-corrected chi connectivity index (χ4v) is 4.01. The molecule has 0 aromatic carbocycles. The Morgan fingerprint density at radius 2 is 1.14 bits per heavy atom. The highest BCUT2D eigenvalue weighted by molar-refractivity contribution is 5.96. The summed E-state index contributed by atoms with van der Waals surface area (Å²) < 4.78 is 0. The minimum absolute atomic E-state index is 0.0213. The van der Waals surface area contributed by atoms with E-state index in [1.165, 1.54) is 26.8 Å². The van der Waals surface area contributed by atoms with Gasteiger partial charge in [0.1, 0.15) is 23.0 Å². The molecule has 0 aromatic heterocycles. The number of nitrogens with zero attached hydrogens (tertiary/aromatic N) is 5. The van der Waals surface area contributed by atoms with E-state index in [9.17, 15) is 24.0 Å². The van der Waals surface area contributed by atoms with Gasteiger partial charge in [-0.3, -0.25) is 48.9 Å². The van der Waals surface area contributed by atoms with Gasteiger partial charge >= 0.3 is 0 Å². The number of aliphatic imine (C=N–C) groups is 5. The van der Waals surface area contributed by atoms with Crippen LogP contribution in [0, 0.1) is 5.92 Å². The van der Waals surface area contributed by atoms with Gasteiger partial charge in [-0.25, -0.2) is 0 Å². The minimum atomic E-state index is -0.378. The van der Waals surface area contributed by atoms with Gasteiger partial charge < -0.3 is 5.73 Å². The summed E-state index contributed by atoms with van der Waals surface area (Å²) in [6.45, 7) is 9.70. The van der Waals surface area contributed by atoms with Gasteiger partial charge in [0, 0.05) is 106 Å². The fourth-order valence-electron chi connectivity index (χ4n) is 4.01. The Morgan fingerprint density at radius 3 is 1.51 bits per heavy atom. The highest BCUT2D eigenvalue weighted by atomic mass is 16.1. The molecule has 2 atom stereocenters. The van der Waals surface area contributed by atoms with E-state index in [2.05, 4.69) is 31.0 Å². The van der Waals surface area contributed by atoms with Crippen molar-refractivity contribution in [2.75, 3.05) is 0 Å². The molecule has 0 spiro atoms. The normalized spacial score (nSPS) is 17.1. The van der Waals surface area contributed by atoms with Crippen LogP contribution in [0.25, 0.3) is 0 Å². The lowest BCUT2D eigenvalue weighted by Gasteiger charge is -2.05. The number of carbonyl (C=O) groups is 5. The summed E-state index contributed by atoms with van der Waals surface area (Å²) in [4.78, 5) is 73.0. The van der Waals surface area contributed by atoms with Crippen molar-refractivity contribution in [3.63, 3.8) is 0 Å². The number of ketones is 5. The molecular formula is C38H50N6O5. The summed E-state index contributed by atoms with van der Waals surface area (Å²) in [7, 11) is 0. The third-order valence-corrected chi connectivity index (χ3v) is 6.91. The monoisotopic (exact) mass is 670 g/mol. The number of nitrogens with two attached hydrogens (primary N) is 1. The van der Waals surface area contributed by atoms with Gasteiger partial charge in [-0.05, 0) is 52.3 Å². The smallest absolute Gasteiger partial charge is 0.177 e. The van der Waals surface area contributed by atoms with Gasteiger partial charge in [-0.2, -0.15) is 0 Å². The molecule has 0 amide bonds.